The number of ether oxygens (including phenoxy) is 1. The van der Waals surface area contributed by atoms with Crippen molar-refractivity contribution in [3.8, 4) is 0 Å². The van der Waals surface area contributed by atoms with Crippen molar-refractivity contribution in [2.75, 3.05) is 0 Å². The summed E-state index contributed by atoms with van der Waals surface area (Å²) in [5, 5.41) is -2.17. The molecule has 0 aromatic heterocycles. The molecule has 0 spiro atoms. The van der Waals surface area contributed by atoms with Crippen molar-refractivity contribution >= 4 is 19.7 Å². The predicted octanol–water partition coefficient (Wildman–Crippen LogP) is 3.98. The molecule has 7 heteroatoms. The van der Waals surface area contributed by atoms with Gasteiger partial charge in [0.1, 0.15) is 11.2 Å². The Morgan fingerprint density at radius 2 is 1.15 bits per heavy atom. The molecule has 34 heavy (non-hydrogen) atoms. The van der Waals surface area contributed by atoms with Gasteiger partial charge in [-0.25, -0.2) is 16.8 Å². The Morgan fingerprint density at radius 3 is 1.53 bits per heavy atom. The summed E-state index contributed by atoms with van der Waals surface area (Å²) in [5.41, 5.74) is 0.821. The van der Waals surface area contributed by atoms with Crippen molar-refractivity contribution in [3.05, 3.63) is 84.0 Å². The summed E-state index contributed by atoms with van der Waals surface area (Å²) in [7, 11) is -7.93. The minimum atomic E-state index is -3.96. The standard InChI is InChI=1S/C27H26O5S2/c1-16(2)21-22-24(33(28,29)19-9-5-3-6-10-19)25(34(30,31)20-11-7-4-8-12-20)23(21)27-18-14-13-17(15-18)26(22,27)32-27/h3-14,17-18,22-25H,15H2,1-2H3/t17-,18-,22-,23-,24-,25+,26+,27+/m0/s1. The van der Waals surface area contributed by atoms with Gasteiger partial charge < -0.3 is 4.74 Å². The quantitative estimate of drug-likeness (QED) is 0.474. The Bertz CT molecular complexity index is 1380. The van der Waals surface area contributed by atoms with Crippen LogP contribution in [-0.2, 0) is 24.4 Å². The first-order valence-corrected chi connectivity index (χ1v) is 14.9. The van der Waals surface area contributed by atoms with Crippen LogP contribution in [0.1, 0.15) is 20.3 Å². The lowest BCUT2D eigenvalue weighted by Gasteiger charge is -2.36. The zero-order chi connectivity index (χ0) is 23.7. The van der Waals surface area contributed by atoms with Gasteiger partial charge in [-0.05, 0) is 44.5 Å². The van der Waals surface area contributed by atoms with Crippen LogP contribution in [0.5, 0.6) is 0 Å². The fourth-order valence-electron chi connectivity index (χ4n) is 8.14. The van der Waals surface area contributed by atoms with Crippen LogP contribution in [0, 0.1) is 23.7 Å². The van der Waals surface area contributed by atoms with Gasteiger partial charge in [-0.3, -0.25) is 0 Å². The van der Waals surface area contributed by atoms with Crippen molar-refractivity contribution in [1.82, 2.24) is 0 Å². The molecule has 3 saturated carbocycles. The Labute approximate surface area is 200 Å². The Morgan fingerprint density at radius 1 is 0.735 bits per heavy atom. The SMILES string of the molecule is CC(C)=C1[C@H]2[C@H](S(=O)(=O)c3ccccc3)[C@H](S(=O)(=O)c3ccccc3)[C@H]1[C@@]13O[C@]21[C@H]1C=C[C@H]3C1. The lowest BCUT2D eigenvalue weighted by molar-refractivity contribution is 0.123. The zero-order valence-corrected chi connectivity index (χ0v) is 20.6. The normalized spacial score (nSPS) is 40.9. The molecule has 5 nitrogen and oxygen atoms in total. The van der Waals surface area contributed by atoms with Gasteiger partial charge in [0, 0.05) is 23.7 Å². The van der Waals surface area contributed by atoms with Gasteiger partial charge in [0.05, 0.1) is 20.3 Å². The van der Waals surface area contributed by atoms with Gasteiger partial charge in [0.15, 0.2) is 19.7 Å². The number of fused-ring (bicyclic) bond motifs is 4. The maximum absolute atomic E-state index is 14.3. The first-order valence-electron chi connectivity index (χ1n) is 11.8. The first-order chi connectivity index (χ1) is 16.2. The highest BCUT2D eigenvalue weighted by atomic mass is 32.2. The van der Waals surface area contributed by atoms with Crippen molar-refractivity contribution in [1.29, 1.82) is 0 Å². The fourth-order valence-corrected chi connectivity index (χ4v) is 13.2. The summed E-state index contributed by atoms with van der Waals surface area (Å²) >= 11 is 0. The molecule has 4 bridgehead atoms. The van der Waals surface area contributed by atoms with E-state index in [4.69, 9.17) is 4.74 Å². The lowest BCUT2D eigenvalue weighted by atomic mass is 9.73. The smallest absolute Gasteiger partial charge is 0.183 e. The van der Waals surface area contributed by atoms with Crippen LogP contribution in [0.25, 0.3) is 0 Å². The van der Waals surface area contributed by atoms with Crippen LogP contribution < -0.4 is 0 Å². The number of allylic oxidation sites excluding steroid dienone is 1. The van der Waals surface area contributed by atoms with Gasteiger partial charge in [-0.15, -0.1) is 0 Å². The number of rotatable bonds is 4. The highest BCUT2D eigenvalue weighted by Crippen LogP contribution is 2.85. The van der Waals surface area contributed by atoms with E-state index in [9.17, 15) is 16.8 Å². The molecule has 1 heterocycles. The zero-order valence-electron chi connectivity index (χ0n) is 19.0. The lowest BCUT2D eigenvalue weighted by Crippen LogP contribution is -2.54. The van der Waals surface area contributed by atoms with Gasteiger partial charge in [-0.1, -0.05) is 59.7 Å². The van der Waals surface area contributed by atoms with Crippen LogP contribution >= 0.6 is 0 Å². The molecule has 0 N–H and O–H groups in total. The molecule has 0 amide bonds. The maximum atomic E-state index is 14.3. The summed E-state index contributed by atoms with van der Waals surface area (Å²) in [4.78, 5) is 0.352. The summed E-state index contributed by atoms with van der Waals surface area (Å²) < 4.78 is 63.7. The van der Waals surface area contributed by atoms with Crippen LogP contribution in [0.3, 0.4) is 0 Å². The van der Waals surface area contributed by atoms with E-state index in [2.05, 4.69) is 12.2 Å². The average Bonchev–Trinajstić information content (AvgIpc) is 3.16. The Kier molecular flexibility index (Phi) is 3.91. The monoisotopic (exact) mass is 494 g/mol. The minimum Gasteiger partial charge on any atom is -0.360 e. The van der Waals surface area contributed by atoms with E-state index in [0.717, 1.165) is 17.6 Å². The van der Waals surface area contributed by atoms with E-state index in [1.807, 2.05) is 13.8 Å². The molecule has 0 unspecified atom stereocenters. The molecular weight excluding hydrogens is 468 g/mol. The number of sulfone groups is 2. The fraction of sp³-hybridized carbons (Fsp3) is 0.407. The van der Waals surface area contributed by atoms with E-state index >= 15 is 0 Å². The Balaban J connectivity index is 1.52. The van der Waals surface area contributed by atoms with Crippen LogP contribution in [0.2, 0.25) is 0 Å². The van der Waals surface area contributed by atoms with E-state index in [-0.39, 0.29) is 21.6 Å². The highest BCUT2D eigenvalue weighted by molar-refractivity contribution is 7.96. The van der Waals surface area contributed by atoms with E-state index < -0.39 is 53.2 Å². The van der Waals surface area contributed by atoms with Crippen LogP contribution in [0.4, 0.5) is 0 Å². The minimum absolute atomic E-state index is 0.135. The summed E-state index contributed by atoms with van der Waals surface area (Å²) in [6, 6.07) is 16.6. The average molecular weight is 495 g/mol. The highest BCUT2D eigenvalue weighted by Gasteiger charge is 2.96. The second-order valence-corrected chi connectivity index (χ2v) is 14.8. The molecule has 7 rings (SSSR count). The van der Waals surface area contributed by atoms with Crippen molar-refractivity contribution < 1.29 is 21.6 Å². The maximum Gasteiger partial charge on any atom is 0.183 e. The van der Waals surface area contributed by atoms with Gasteiger partial charge in [0.2, 0.25) is 0 Å². The second-order valence-electron chi connectivity index (χ2n) is 10.6. The van der Waals surface area contributed by atoms with Gasteiger partial charge >= 0.3 is 0 Å². The van der Waals surface area contributed by atoms with Crippen molar-refractivity contribution in [2.24, 2.45) is 23.7 Å². The summed E-state index contributed by atoms with van der Waals surface area (Å²) in [6.07, 6.45) is 5.26. The molecule has 1 saturated heterocycles. The molecule has 4 aliphatic carbocycles. The molecular formula is C27H26O5S2. The van der Waals surface area contributed by atoms with Crippen LogP contribution in [-0.4, -0.2) is 38.5 Å². The van der Waals surface area contributed by atoms with Gasteiger partial charge in [-0.2, -0.15) is 0 Å². The predicted molar refractivity (Wildman–Crippen MR) is 127 cm³/mol. The van der Waals surface area contributed by atoms with Crippen molar-refractivity contribution in [2.45, 2.75) is 51.8 Å². The molecule has 0 radical (unpaired) electrons. The molecule has 1 aliphatic heterocycles. The largest absolute Gasteiger partial charge is 0.360 e. The number of hydrogen-bond donors (Lipinski definition) is 0. The van der Waals surface area contributed by atoms with Crippen LogP contribution in [0.15, 0.2) is 93.8 Å². The number of epoxide rings is 1. The molecule has 4 fully saturated rings. The van der Waals surface area contributed by atoms with E-state index in [1.165, 1.54) is 0 Å². The summed E-state index contributed by atoms with van der Waals surface area (Å²) in [6.45, 7) is 3.98. The number of hydrogen-bond acceptors (Lipinski definition) is 5. The third-order valence-electron chi connectivity index (χ3n) is 9.10. The third kappa shape index (κ3) is 2.12. The van der Waals surface area contributed by atoms with Crippen molar-refractivity contribution in [3.63, 3.8) is 0 Å². The van der Waals surface area contributed by atoms with Gasteiger partial charge in [0.25, 0.3) is 0 Å². The second kappa shape index (κ2) is 6.31. The molecule has 2 aromatic rings. The molecule has 5 aliphatic rings. The first kappa shape index (κ1) is 21.1. The third-order valence-corrected chi connectivity index (χ3v) is 13.7. The molecule has 8 atom stereocenters. The molecule has 2 aromatic carbocycles. The molecule has 176 valence electrons. The van der Waals surface area contributed by atoms with E-state index in [0.29, 0.717) is 0 Å². The topological polar surface area (TPSA) is 80.8 Å². The number of benzene rings is 2. The Hall–Kier alpha value is -2.22. The summed E-state index contributed by atoms with van der Waals surface area (Å²) in [5.74, 6) is -0.654. The van der Waals surface area contributed by atoms with E-state index in [1.54, 1.807) is 60.7 Å².